The maximum absolute atomic E-state index is 12.9. The van der Waals surface area contributed by atoms with Crippen LogP contribution in [0.2, 0.25) is 5.02 Å². The molecule has 3 aromatic carbocycles. The van der Waals surface area contributed by atoms with Crippen molar-refractivity contribution in [2.24, 2.45) is 0 Å². The molecular formula is C27H23ClN4O2. The van der Waals surface area contributed by atoms with Crippen molar-refractivity contribution in [3.63, 3.8) is 0 Å². The number of anilines is 2. The Bertz CT molecular complexity index is 1280. The fourth-order valence-corrected chi connectivity index (χ4v) is 3.30. The summed E-state index contributed by atoms with van der Waals surface area (Å²) in [4.78, 5) is 27.4. The maximum Gasteiger partial charge on any atom is 0.257 e. The highest BCUT2D eigenvalue weighted by molar-refractivity contribution is 6.31. The van der Waals surface area contributed by atoms with Crippen molar-refractivity contribution in [3.8, 4) is 12.3 Å². The van der Waals surface area contributed by atoms with E-state index < -0.39 is 11.8 Å². The van der Waals surface area contributed by atoms with Crippen molar-refractivity contribution < 1.29 is 9.59 Å². The van der Waals surface area contributed by atoms with Crippen LogP contribution in [0.5, 0.6) is 0 Å². The number of nitrogens with zero attached hydrogens (tertiary/aromatic N) is 1. The van der Waals surface area contributed by atoms with Crippen LogP contribution < -0.4 is 10.6 Å². The minimum absolute atomic E-state index is 0.225. The predicted octanol–water partition coefficient (Wildman–Crippen LogP) is 5.38. The van der Waals surface area contributed by atoms with E-state index in [9.17, 15) is 9.59 Å². The van der Waals surface area contributed by atoms with Gasteiger partial charge in [0.2, 0.25) is 0 Å². The largest absolute Gasteiger partial charge is 0.349 e. The zero-order valence-corrected chi connectivity index (χ0v) is 19.3. The number of carbonyl (C=O) groups is 2. The molecule has 3 rings (SSSR count). The second-order valence-corrected chi connectivity index (χ2v) is 7.85. The number of terminal acetylenes is 1. The van der Waals surface area contributed by atoms with Crippen LogP contribution >= 0.6 is 11.6 Å². The van der Waals surface area contributed by atoms with Gasteiger partial charge in [-0.15, -0.1) is 6.42 Å². The van der Waals surface area contributed by atoms with Crippen LogP contribution in [0, 0.1) is 17.8 Å². The fourth-order valence-electron chi connectivity index (χ4n) is 3.12. The SMILES string of the molecule is C#CCN(C)C(=N)c1ccc(C(=O)Nc2ccc(Cl)cc2C(=O)Nc2ccc(C=C)cc2)cc1. The van der Waals surface area contributed by atoms with Gasteiger partial charge < -0.3 is 15.5 Å². The Balaban J connectivity index is 1.77. The van der Waals surface area contributed by atoms with E-state index in [2.05, 4.69) is 23.1 Å². The van der Waals surface area contributed by atoms with Gasteiger partial charge in [-0.3, -0.25) is 15.0 Å². The molecule has 0 heterocycles. The van der Waals surface area contributed by atoms with E-state index in [1.807, 2.05) is 12.1 Å². The maximum atomic E-state index is 12.9. The average Bonchev–Trinajstić information content (AvgIpc) is 2.85. The molecule has 0 bridgehead atoms. The Morgan fingerprint density at radius 3 is 2.29 bits per heavy atom. The van der Waals surface area contributed by atoms with E-state index in [1.54, 1.807) is 66.6 Å². The molecule has 0 aromatic heterocycles. The van der Waals surface area contributed by atoms with Crippen molar-refractivity contribution in [2.45, 2.75) is 0 Å². The van der Waals surface area contributed by atoms with Crippen molar-refractivity contribution in [1.29, 1.82) is 5.41 Å². The van der Waals surface area contributed by atoms with Gasteiger partial charge in [0.1, 0.15) is 5.84 Å². The Morgan fingerprint density at radius 1 is 1.03 bits per heavy atom. The summed E-state index contributed by atoms with van der Waals surface area (Å²) in [6.07, 6.45) is 7.01. The molecule has 3 N–H and O–H groups in total. The average molecular weight is 471 g/mol. The Hall–Kier alpha value is -4.34. The first-order chi connectivity index (χ1) is 16.3. The van der Waals surface area contributed by atoms with Crippen molar-refractivity contribution in [2.75, 3.05) is 24.2 Å². The van der Waals surface area contributed by atoms with Gasteiger partial charge in [-0.25, -0.2) is 0 Å². The molecule has 0 radical (unpaired) electrons. The number of carbonyl (C=O) groups excluding carboxylic acids is 2. The third-order valence-electron chi connectivity index (χ3n) is 5.01. The van der Waals surface area contributed by atoms with Gasteiger partial charge in [0.05, 0.1) is 17.8 Å². The number of hydrogen-bond donors (Lipinski definition) is 3. The predicted molar refractivity (Wildman–Crippen MR) is 139 cm³/mol. The first-order valence-electron chi connectivity index (χ1n) is 10.3. The highest BCUT2D eigenvalue weighted by Crippen LogP contribution is 2.23. The van der Waals surface area contributed by atoms with Crippen molar-refractivity contribution in [1.82, 2.24) is 4.90 Å². The minimum atomic E-state index is -0.413. The Morgan fingerprint density at radius 2 is 1.68 bits per heavy atom. The van der Waals surface area contributed by atoms with Crippen LogP contribution in [-0.2, 0) is 0 Å². The van der Waals surface area contributed by atoms with Crippen LogP contribution in [0.1, 0.15) is 31.8 Å². The number of amidine groups is 1. The molecule has 0 saturated carbocycles. The number of nitrogens with one attached hydrogen (secondary N) is 3. The Labute approximate surface area is 203 Å². The number of benzene rings is 3. The topological polar surface area (TPSA) is 85.3 Å². The Kier molecular flexibility index (Phi) is 7.86. The zero-order valence-electron chi connectivity index (χ0n) is 18.6. The number of halogens is 1. The molecule has 170 valence electrons. The molecule has 6 nitrogen and oxygen atoms in total. The summed E-state index contributed by atoms with van der Waals surface area (Å²) in [7, 11) is 1.73. The third-order valence-corrected chi connectivity index (χ3v) is 5.24. The molecule has 0 fully saturated rings. The van der Waals surface area contributed by atoms with Crippen LogP contribution in [0.4, 0.5) is 11.4 Å². The molecule has 0 aliphatic carbocycles. The molecule has 3 aromatic rings. The number of hydrogen-bond acceptors (Lipinski definition) is 3. The second-order valence-electron chi connectivity index (χ2n) is 7.41. The lowest BCUT2D eigenvalue weighted by Gasteiger charge is -2.17. The lowest BCUT2D eigenvalue weighted by Crippen LogP contribution is -2.27. The third kappa shape index (κ3) is 5.91. The number of rotatable bonds is 7. The standard InChI is InChI=1S/C27H23ClN4O2/c1-4-16-32(3)25(29)19-8-10-20(11-9-19)26(33)31-24-15-12-21(28)17-23(24)27(34)30-22-13-6-18(5-2)7-14-22/h1,5-15,17,29H,2,16H2,3H3,(H,30,34)(H,31,33). The zero-order chi connectivity index (χ0) is 24.7. The van der Waals surface area contributed by atoms with E-state index in [0.717, 1.165) is 5.56 Å². The summed E-state index contributed by atoms with van der Waals surface area (Å²) in [6.45, 7) is 4.02. The van der Waals surface area contributed by atoms with Gasteiger partial charge in [-0.2, -0.15) is 0 Å². The fraction of sp³-hybridized carbons (Fsp3) is 0.0741. The highest BCUT2D eigenvalue weighted by Gasteiger charge is 2.16. The molecule has 0 aliphatic rings. The minimum Gasteiger partial charge on any atom is -0.349 e. The first-order valence-corrected chi connectivity index (χ1v) is 10.7. The lowest BCUT2D eigenvalue weighted by atomic mass is 10.1. The summed E-state index contributed by atoms with van der Waals surface area (Å²) in [5.41, 5.74) is 3.07. The van der Waals surface area contributed by atoms with E-state index >= 15 is 0 Å². The molecular weight excluding hydrogens is 448 g/mol. The van der Waals surface area contributed by atoms with E-state index in [0.29, 0.717) is 34.1 Å². The summed E-state index contributed by atoms with van der Waals surface area (Å²) in [5, 5.41) is 14.1. The van der Waals surface area contributed by atoms with Gasteiger partial charge >= 0.3 is 0 Å². The van der Waals surface area contributed by atoms with Crippen LogP contribution in [-0.4, -0.2) is 36.1 Å². The molecule has 0 atom stereocenters. The van der Waals surface area contributed by atoms with Crippen molar-refractivity contribution in [3.05, 3.63) is 101 Å². The molecule has 0 unspecified atom stereocenters. The monoisotopic (exact) mass is 470 g/mol. The van der Waals surface area contributed by atoms with Crippen LogP contribution in [0.3, 0.4) is 0 Å². The molecule has 0 saturated heterocycles. The van der Waals surface area contributed by atoms with E-state index in [4.69, 9.17) is 23.4 Å². The molecule has 2 amide bonds. The normalized spacial score (nSPS) is 10.0. The summed E-state index contributed by atoms with van der Waals surface area (Å²) >= 11 is 6.11. The van der Waals surface area contributed by atoms with Gasteiger partial charge in [0, 0.05) is 28.9 Å². The van der Waals surface area contributed by atoms with Gasteiger partial charge in [0.25, 0.3) is 11.8 Å². The van der Waals surface area contributed by atoms with Gasteiger partial charge in [-0.05, 0) is 48.0 Å². The quantitative estimate of drug-likeness (QED) is 0.246. The first kappa shape index (κ1) is 24.3. The number of amides is 2. The lowest BCUT2D eigenvalue weighted by molar-refractivity contribution is 0.102. The summed E-state index contributed by atoms with van der Waals surface area (Å²) < 4.78 is 0. The highest BCUT2D eigenvalue weighted by atomic mass is 35.5. The van der Waals surface area contributed by atoms with Crippen LogP contribution in [0.15, 0.2) is 73.3 Å². The summed E-state index contributed by atoms with van der Waals surface area (Å²) in [5.74, 6) is 1.93. The van der Waals surface area contributed by atoms with E-state index in [-0.39, 0.29) is 11.4 Å². The molecule has 0 spiro atoms. The van der Waals surface area contributed by atoms with Gasteiger partial charge in [-0.1, -0.05) is 54.4 Å². The molecule has 34 heavy (non-hydrogen) atoms. The smallest absolute Gasteiger partial charge is 0.257 e. The van der Waals surface area contributed by atoms with Gasteiger partial charge in [0.15, 0.2) is 0 Å². The van der Waals surface area contributed by atoms with E-state index in [1.165, 1.54) is 6.07 Å². The molecule has 7 heteroatoms. The molecule has 0 aliphatic heterocycles. The van der Waals surface area contributed by atoms with Crippen molar-refractivity contribution >= 4 is 46.7 Å². The second kappa shape index (κ2) is 11.0. The summed E-state index contributed by atoms with van der Waals surface area (Å²) in [6, 6.07) is 18.4. The van der Waals surface area contributed by atoms with Crippen LogP contribution in [0.25, 0.3) is 6.08 Å².